The van der Waals surface area contributed by atoms with Crippen LogP contribution in [0.2, 0.25) is 0 Å². The molecule has 86 valence electrons. The first-order valence-electron chi connectivity index (χ1n) is 5.66. The van der Waals surface area contributed by atoms with Gasteiger partial charge in [0.2, 0.25) is 0 Å². The quantitative estimate of drug-likeness (QED) is 0.707. The van der Waals surface area contributed by atoms with Gasteiger partial charge in [-0.25, -0.2) is 0 Å². The van der Waals surface area contributed by atoms with Crippen LogP contribution in [0.3, 0.4) is 0 Å². The highest BCUT2D eigenvalue weighted by atomic mass is 16.5. The summed E-state index contributed by atoms with van der Waals surface area (Å²) in [6.07, 6.45) is 3.68. The molecular weight excluding hydrogens is 208 g/mol. The molecule has 0 unspecified atom stereocenters. The van der Waals surface area contributed by atoms with E-state index < -0.39 is 0 Å². The standard InChI is InChI=1S/C16H16O/c1-13-7-9-15(10-8-13)16-6-4-3-5-14(16)11-12-17-2/h3-12H,1-2H3/b12-11+. The first-order valence-corrected chi connectivity index (χ1v) is 5.66. The van der Waals surface area contributed by atoms with Crippen LogP contribution >= 0.6 is 0 Å². The third-order valence-corrected chi connectivity index (χ3v) is 2.71. The number of methoxy groups -OCH3 is 1. The summed E-state index contributed by atoms with van der Waals surface area (Å²) in [5.74, 6) is 0. The van der Waals surface area contributed by atoms with E-state index in [0.717, 1.165) is 0 Å². The predicted molar refractivity (Wildman–Crippen MR) is 72.7 cm³/mol. The molecule has 0 aliphatic rings. The number of rotatable bonds is 3. The molecule has 0 amide bonds. The minimum Gasteiger partial charge on any atom is -0.504 e. The van der Waals surface area contributed by atoms with Gasteiger partial charge >= 0.3 is 0 Å². The van der Waals surface area contributed by atoms with Gasteiger partial charge in [-0.15, -0.1) is 0 Å². The van der Waals surface area contributed by atoms with Gasteiger partial charge in [0, 0.05) is 0 Å². The minimum atomic E-state index is 1.17. The van der Waals surface area contributed by atoms with Crippen LogP contribution in [0.5, 0.6) is 0 Å². The van der Waals surface area contributed by atoms with Crippen LogP contribution in [-0.4, -0.2) is 7.11 Å². The summed E-state index contributed by atoms with van der Waals surface area (Å²) in [5, 5.41) is 0. The highest BCUT2D eigenvalue weighted by Gasteiger charge is 2.01. The molecule has 0 saturated heterocycles. The molecule has 0 spiro atoms. The monoisotopic (exact) mass is 224 g/mol. The lowest BCUT2D eigenvalue weighted by molar-refractivity contribution is 0.341. The largest absolute Gasteiger partial charge is 0.504 e. The molecule has 0 fully saturated rings. The summed E-state index contributed by atoms with van der Waals surface area (Å²) >= 11 is 0. The zero-order valence-corrected chi connectivity index (χ0v) is 10.2. The zero-order valence-electron chi connectivity index (χ0n) is 10.2. The number of ether oxygens (including phenoxy) is 1. The Hall–Kier alpha value is -2.02. The highest BCUT2D eigenvalue weighted by Crippen LogP contribution is 2.24. The summed E-state index contributed by atoms with van der Waals surface area (Å²) in [4.78, 5) is 0. The number of aryl methyl sites for hydroxylation is 1. The smallest absolute Gasteiger partial charge is 0.0830 e. The minimum absolute atomic E-state index is 1.17. The van der Waals surface area contributed by atoms with Crippen LogP contribution in [0, 0.1) is 6.92 Å². The fourth-order valence-electron chi connectivity index (χ4n) is 1.78. The Morgan fingerprint density at radius 2 is 1.65 bits per heavy atom. The average Bonchev–Trinajstić information content (AvgIpc) is 2.38. The number of hydrogen-bond donors (Lipinski definition) is 0. The molecular formula is C16H16O. The zero-order chi connectivity index (χ0) is 12.1. The molecule has 0 aliphatic heterocycles. The predicted octanol–water partition coefficient (Wildman–Crippen LogP) is 4.28. The van der Waals surface area contributed by atoms with Crippen LogP contribution in [-0.2, 0) is 4.74 Å². The molecule has 2 aromatic carbocycles. The summed E-state index contributed by atoms with van der Waals surface area (Å²) < 4.78 is 4.98. The van der Waals surface area contributed by atoms with E-state index in [0.29, 0.717) is 0 Å². The number of hydrogen-bond acceptors (Lipinski definition) is 1. The van der Waals surface area contributed by atoms with Crippen molar-refractivity contribution in [3.05, 3.63) is 65.9 Å². The Labute approximate surface area is 102 Å². The molecule has 2 aromatic rings. The third kappa shape index (κ3) is 2.76. The van der Waals surface area contributed by atoms with Crippen LogP contribution in [0.15, 0.2) is 54.8 Å². The van der Waals surface area contributed by atoms with E-state index in [-0.39, 0.29) is 0 Å². The van der Waals surface area contributed by atoms with Crippen molar-refractivity contribution >= 4 is 6.08 Å². The summed E-state index contributed by atoms with van der Waals surface area (Å²) in [5.41, 5.74) is 4.89. The lowest BCUT2D eigenvalue weighted by atomic mass is 9.99. The van der Waals surface area contributed by atoms with E-state index >= 15 is 0 Å². The molecule has 1 nitrogen and oxygen atoms in total. The van der Waals surface area contributed by atoms with Crippen molar-refractivity contribution in [1.29, 1.82) is 0 Å². The first-order chi connectivity index (χ1) is 8.31. The average molecular weight is 224 g/mol. The van der Waals surface area contributed by atoms with Crippen LogP contribution in [0.25, 0.3) is 17.2 Å². The van der Waals surface area contributed by atoms with Gasteiger partial charge in [0.1, 0.15) is 0 Å². The van der Waals surface area contributed by atoms with E-state index in [9.17, 15) is 0 Å². The van der Waals surface area contributed by atoms with Crippen molar-refractivity contribution < 1.29 is 4.74 Å². The summed E-state index contributed by atoms with van der Waals surface area (Å²) in [6.45, 7) is 2.10. The molecule has 0 bridgehead atoms. The molecule has 0 atom stereocenters. The Morgan fingerprint density at radius 3 is 2.35 bits per heavy atom. The van der Waals surface area contributed by atoms with E-state index in [4.69, 9.17) is 4.74 Å². The second kappa shape index (κ2) is 5.35. The Morgan fingerprint density at radius 1 is 0.941 bits per heavy atom. The van der Waals surface area contributed by atoms with Gasteiger partial charge in [0.25, 0.3) is 0 Å². The molecule has 17 heavy (non-hydrogen) atoms. The topological polar surface area (TPSA) is 9.23 Å². The Kier molecular flexibility index (Phi) is 3.61. The molecule has 0 radical (unpaired) electrons. The van der Waals surface area contributed by atoms with Crippen LogP contribution in [0.4, 0.5) is 0 Å². The van der Waals surface area contributed by atoms with Gasteiger partial charge in [-0.3, -0.25) is 0 Å². The fourth-order valence-corrected chi connectivity index (χ4v) is 1.78. The van der Waals surface area contributed by atoms with E-state index in [1.54, 1.807) is 13.4 Å². The van der Waals surface area contributed by atoms with Gasteiger partial charge in [-0.2, -0.15) is 0 Å². The van der Waals surface area contributed by atoms with E-state index in [2.05, 4.69) is 49.4 Å². The van der Waals surface area contributed by atoms with Crippen molar-refractivity contribution in [2.45, 2.75) is 6.92 Å². The number of benzene rings is 2. The van der Waals surface area contributed by atoms with Crippen LogP contribution < -0.4 is 0 Å². The molecule has 2 rings (SSSR count). The molecule has 0 saturated carbocycles. The molecule has 0 N–H and O–H groups in total. The van der Waals surface area contributed by atoms with Crippen molar-refractivity contribution in [3.63, 3.8) is 0 Å². The van der Waals surface area contributed by atoms with E-state index in [1.165, 1.54) is 22.3 Å². The second-order valence-electron chi connectivity index (χ2n) is 3.99. The summed E-state index contributed by atoms with van der Waals surface area (Å²) in [7, 11) is 1.66. The SMILES string of the molecule is CO/C=C/c1ccccc1-c1ccc(C)cc1. The maximum Gasteiger partial charge on any atom is 0.0830 e. The third-order valence-electron chi connectivity index (χ3n) is 2.71. The fraction of sp³-hybridized carbons (Fsp3) is 0.125. The lowest BCUT2D eigenvalue weighted by Gasteiger charge is -2.06. The molecule has 0 aromatic heterocycles. The van der Waals surface area contributed by atoms with Crippen LogP contribution in [0.1, 0.15) is 11.1 Å². The normalized spacial score (nSPS) is 10.7. The van der Waals surface area contributed by atoms with Crippen molar-refractivity contribution in [1.82, 2.24) is 0 Å². The van der Waals surface area contributed by atoms with Gasteiger partial charge in [-0.05, 0) is 29.7 Å². The van der Waals surface area contributed by atoms with Gasteiger partial charge in [-0.1, -0.05) is 54.1 Å². The molecule has 0 heterocycles. The maximum absolute atomic E-state index is 4.98. The Bertz CT molecular complexity index is 509. The highest BCUT2D eigenvalue weighted by molar-refractivity contribution is 5.75. The van der Waals surface area contributed by atoms with Gasteiger partial charge in [0.15, 0.2) is 0 Å². The molecule has 0 aliphatic carbocycles. The van der Waals surface area contributed by atoms with Crippen molar-refractivity contribution in [3.8, 4) is 11.1 Å². The Balaban J connectivity index is 2.44. The van der Waals surface area contributed by atoms with Gasteiger partial charge < -0.3 is 4.74 Å². The lowest BCUT2D eigenvalue weighted by Crippen LogP contribution is -1.83. The maximum atomic E-state index is 4.98. The first kappa shape index (κ1) is 11.5. The van der Waals surface area contributed by atoms with Gasteiger partial charge in [0.05, 0.1) is 13.4 Å². The van der Waals surface area contributed by atoms with E-state index in [1.807, 2.05) is 12.1 Å². The van der Waals surface area contributed by atoms with Crippen molar-refractivity contribution in [2.24, 2.45) is 0 Å². The van der Waals surface area contributed by atoms with Crippen molar-refractivity contribution in [2.75, 3.05) is 7.11 Å². The second-order valence-corrected chi connectivity index (χ2v) is 3.99. The summed E-state index contributed by atoms with van der Waals surface area (Å²) in [6, 6.07) is 16.9. The molecule has 1 heteroatoms.